The van der Waals surface area contributed by atoms with E-state index in [0.717, 1.165) is 31.0 Å². The summed E-state index contributed by atoms with van der Waals surface area (Å²) in [7, 11) is 3.44. The van der Waals surface area contributed by atoms with E-state index in [1.807, 2.05) is 24.3 Å². The molecule has 1 amide bonds. The normalized spacial score (nSPS) is 14.5. The highest BCUT2D eigenvalue weighted by Gasteiger charge is 2.45. The molecule has 0 aromatic heterocycles. The zero-order valence-corrected chi connectivity index (χ0v) is 20.7. The lowest BCUT2D eigenvalue weighted by atomic mass is 9.96. The quantitative estimate of drug-likeness (QED) is 0.269. The first-order chi connectivity index (χ1) is 13.6. The maximum absolute atomic E-state index is 11.8. The van der Waals surface area contributed by atoms with Crippen molar-refractivity contribution in [1.29, 1.82) is 0 Å². The number of hydrogen-bond donors (Lipinski definition) is 3. The first kappa shape index (κ1) is 23.7. The fourth-order valence-corrected chi connectivity index (χ4v) is 4.10. The van der Waals surface area contributed by atoms with Gasteiger partial charge in [-0.3, -0.25) is 9.79 Å². The number of rotatable bonds is 7. The van der Waals surface area contributed by atoms with Crippen LogP contribution in [-0.2, 0) is 11.8 Å². The van der Waals surface area contributed by atoms with Crippen LogP contribution in [0, 0.1) is 0 Å². The Bertz CT molecular complexity index is 867. The van der Waals surface area contributed by atoms with E-state index < -0.39 is 0 Å². The van der Waals surface area contributed by atoms with Crippen LogP contribution in [0.4, 0.5) is 0 Å². The molecule has 2 aromatic carbocycles. The Labute approximate surface area is 198 Å². The van der Waals surface area contributed by atoms with Gasteiger partial charge in [0.1, 0.15) is 0 Å². The van der Waals surface area contributed by atoms with Crippen LogP contribution in [0.1, 0.15) is 34.3 Å². The van der Waals surface area contributed by atoms with Gasteiger partial charge in [0.2, 0.25) is 0 Å². The van der Waals surface area contributed by atoms with Gasteiger partial charge in [0.25, 0.3) is 5.91 Å². The predicted molar refractivity (Wildman–Crippen MR) is 133 cm³/mol. The van der Waals surface area contributed by atoms with Crippen LogP contribution in [0.25, 0.3) is 0 Å². The summed E-state index contributed by atoms with van der Waals surface area (Å²) < 4.78 is 1.17. The second-order valence-corrected chi connectivity index (χ2v) is 8.00. The molecule has 3 N–H and O–H groups in total. The minimum atomic E-state index is -0.0610. The molecule has 0 bridgehead atoms. The molecule has 0 aliphatic heterocycles. The molecule has 29 heavy (non-hydrogen) atoms. The van der Waals surface area contributed by atoms with E-state index in [1.54, 1.807) is 14.1 Å². The van der Waals surface area contributed by atoms with Gasteiger partial charge in [0, 0.05) is 42.6 Å². The molecule has 0 saturated heterocycles. The first-order valence-corrected chi connectivity index (χ1v) is 10.4. The van der Waals surface area contributed by atoms with Crippen LogP contribution in [0.2, 0.25) is 0 Å². The number of hydrogen-bond acceptors (Lipinski definition) is 2. The third-order valence-electron chi connectivity index (χ3n) is 5.24. The van der Waals surface area contributed by atoms with Gasteiger partial charge < -0.3 is 16.0 Å². The fourth-order valence-electron chi connectivity index (χ4n) is 3.39. The third-order valence-corrected chi connectivity index (χ3v) is 5.93. The predicted octanol–water partition coefficient (Wildman–Crippen LogP) is 3.87. The molecule has 5 nitrogen and oxygen atoms in total. The molecule has 3 rings (SSSR count). The second kappa shape index (κ2) is 11.0. The smallest absolute Gasteiger partial charge is 0.251 e. The van der Waals surface area contributed by atoms with Gasteiger partial charge in [0.15, 0.2) is 5.96 Å². The van der Waals surface area contributed by atoms with Crippen molar-refractivity contribution in [2.45, 2.75) is 24.7 Å². The number of carbonyl (C=O) groups excluding carboxylic acids is 1. The first-order valence-electron chi connectivity index (χ1n) is 9.58. The molecule has 1 fully saturated rings. The highest BCUT2D eigenvalue weighted by atomic mass is 127. The summed E-state index contributed by atoms with van der Waals surface area (Å²) in [6.45, 7) is 1.61. The van der Waals surface area contributed by atoms with Gasteiger partial charge in [-0.25, -0.2) is 0 Å². The zero-order valence-electron chi connectivity index (χ0n) is 16.8. The van der Waals surface area contributed by atoms with Crippen LogP contribution in [0.3, 0.4) is 0 Å². The Kier molecular flexibility index (Phi) is 8.95. The summed E-state index contributed by atoms with van der Waals surface area (Å²) in [5, 5.41) is 9.51. The van der Waals surface area contributed by atoms with Gasteiger partial charge in [0.05, 0.1) is 0 Å². The molecule has 0 heterocycles. The van der Waals surface area contributed by atoms with Gasteiger partial charge in [-0.15, -0.1) is 24.0 Å². The van der Waals surface area contributed by atoms with Crippen molar-refractivity contribution >= 4 is 51.8 Å². The van der Waals surface area contributed by atoms with Crippen molar-refractivity contribution in [1.82, 2.24) is 16.0 Å². The van der Waals surface area contributed by atoms with Crippen molar-refractivity contribution in [3.8, 4) is 0 Å². The maximum atomic E-state index is 11.8. The Balaban J connectivity index is 0.00000300. The molecule has 0 radical (unpaired) electrons. The lowest BCUT2D eigenvalue weighted by Crippen LogP contribution is -2.42. The average molecular weight is 571 g/mol. The molecule has 0 spiro atoms. The van der Waals surface area contributed by atoms with Crippen molar-refractivity contribution < 1.29 is 4.79 Å². The van der Waals surface area contributed by atoms with E-state index >= 15 is 0 Å². The Morgan fingerprint density at radius 2 is 1.90 bits per heavy atom. The lowest BCUT2D eigenvalue weighted by molar-refractivity contribution is 0.0963. The van der Waals surface area contributed by atoms with E-state index in [-0.39, 0.29) is 35.3 Å². The fraction of sp³-hybridized carbons (Fsp3) is 0.364. The number of nitrogens with zero attached hydrogens (tertiary/aromatic N) is 1. The zero-order chi connectivity index (χ0) is 20.0. The monoisotopic (exact) mass is 570 g/mol. The van der Waals surface area contributed by atoms with Crippen molar-refractivity contribution in [2.24, 2.45) is 4.99 Å². The van der Waals surface area contributed by atoms with Gasteiger partial charge in [-0.2, -0.15) is 0 Å². The highest BCUT2D eigenvalue weighted by molar-refractivity contribution is 14.0. The molecule has 0 atom stereocenters. The molecular formula is C22H28BrIN4O. The van der Waals surface area contributed by atoms with Crippen molar-refractivity contribution in [3.63, 3.8) is 0 Å². The molecule has 2 aromatic rings. The summed E-state index contributed by atoms with van der Waals surface area (Å²) in [5.74, 6) is 0.745. The van der Waals surface area contributed by atoms with Crippen LogP contribution < -0.4 is 16.0 Å². The van der Waals surface area contributed by atoms with Gasteiger partial charge in [-0.1, -0.05) is 46.3 Å². The number of guanidine groups is 1. The summed E-state index contributed by atoms with van der Waals surface area (Å²) in [6.07, 6.45) is 3.19. The highest BCUT2D eigenvalue weighted by Crippen LogP contribution is 2.49. The molecule has 1 aliphatic carbocycles. The minimum Gasteiger partial charge on any atom is -0.356 e. The Morgan fingerprint density at radius 3 is 2.55 bits per heavy atom. The van der Waals surface area contributed by atoms with E-state index in [1.165, 1.54) is 22.9 Å². The molecule has 1 aliphatic rings. The number of benzene rings is 2. The van der Waals surface area contributed by atoms with Crippen molar-refractivity contribution in [2.75, 3.05) is 27.2 Å². The number of nitrogens with one attached hydrogen (secondary N) is 3. The number of aliphatic imine (C=N–C) groups is 1. The summed E-state index contributed by atoms with van der Waals surface area (Å²) in [4.78, 5) is 16.1. The molecule has 156 valence electrons. The maximum Gasteiger partial charge on any atom is 0.251 e. The SMILES string of the molecule is CN=C(NCCc1cccc(C(=O)NC)c1)NCC1(c2ccccc2Br)CC1.I. The second-order valence-electron chi connectivity index (χ2n) is 7.14. The average Bonchev–Trinajstić information content (AvgIpc) is 3.51. The van der Waals surface area contributed by atoms with E-state index in [9.17, 15) is 4.79 Å². The Hall–Kier alpha value is -1.61. The Morgan fingerprint density at radius 1 is 1.14 bits per heavy atom. The molecule has 0 unspecified atom stereocenters. The van der Waals surface area contributed by atoms with E-state index in [4.69, 9.17) is 0 Å². The van der Waals surface area contributed by atoms with Crippen molar-refractivity contribution in [3.05, 3.63) is 69.7 Å². The van der Waals surface area contributed by atoms with Crippen LogP contribution in [0.15, 0.2) is 58.0 Å². The molecule has 7 heteroatoms. The number of amides is 1. The van der Waals surface area contributed by atoms with Crippen LogP contribution in [0.5, 0.6) is 0 Å². The summed E-state index contributed by atoms with van der Waals surface area (Å²) in [6, 6.07) is 16.2. The minimum absolute atomic E-state index is 0. The summed E-state index contributed by atoms with van der Waals surface area (Å²) in [5.41, 5.74) is 3.37. The van der Waals surface area contributed by atoms with Gasteiger partial charge in [-0.05, 0) is 48.6 Å². The van der Waals surface area contributed by atoms with Crippen LogP contribution >= 0.6 is 39.9 Å². The van der Waals surface area contributed by atoms with E-state index in [0.29, 0.717) is 5.56 Å². The largest absolute Gasteiger partial charge is 0.356 e. The lowest BCUT2D eigenvalue weighted by Gasteiger charge is -2.20. The van der Waals surface area contributed by atoms with Crippen LogP contribution in [-0.4, -0.2) is 39.1 Å². The third kappa shape index (κ3) is 6.18. The number of halogens is 2. The van der Waals surface area contributed by atoms with E-state index in [2.05, 4.69) is 61.1 Å². The molecular weight excluding hydrogens is 543 g/mol. The number of carbonyl (C=O) groups is 1. The topological polar surface area (TPSA) is 65.5 Å². The standard InChI is InChI=1S/C22H27BrN4O.HI/c1-24-20(28)17-7-5-6-16(14-17)10-13-26-21(25-2)27-15-22(11-12-22)18-8-3-4-9-19(18)23;/h3-9,14H,10-13,15H2,1-2H3,(H,24,28)(H2,25,26,27);1H. The molecule has 1 saturated carbocycles. The van der Waals surface area contributed by atoms with Gasteiger partial charge >= 0.3 is 0 Å². The summed E-state index contributed by atoms with van der Waals surface area (Å²) >= 11 is 3.68.